The van der Waals surface area contributed by atoms with Crippen molar-refractivity contribution in [1.82, 2.24) is 21.1 Å². The maximum absolute atomic E-state index is 12.9. The maximum Gasteiger partial charge on any atom is 0.239 e. The third kappa shape index (κ3) is 3.33. The molecule has 1 amide bonds. The van der Waals surface area contributed by atoms with Crippen LogP contribution in [0.2, 0.25) is 0 Å². The van der Waals surface area contributed by atoms with Crippen LogP contribution in [0, 0.1) is 5.92 Å². The van der Waals surface area contributed by atoms with Crippen molar-refractivity contribution >= 4 is 5.91 Å². The zero-order chi connectivity index (χ0) is 18.1. The lowest BCUT2D eigenvalue weighted by Gasteiger charge is -2.41. The minimum absolute atomic E-state index is 0.0167. The van der Waals surface area contributed by atoms with Gasteiger partial charge >= 0.3 is 0 Å². The Balaban J connectivity index is 1.37. The number of ether oxygens (including phenoxy) is 1. The molecule has 3 unspecified atom stereocenters. The van der Waals surface area contributed by atoms with Crippen LogP contribution >= 0.6 is 0 Å². The normalized spacial score (nSPS) is 28.8. The molecule has 3 heterocycles. The van der Waals surface area contributed by atoms with Gasteiger partial charge in [-0.3, -0.25) is 9.69 Å². The molecular weight excluding hydrogens is 328 g/mol. The van der Waals surface area contributed by atoms with Crippen LogP contribution in [0.25, 0.3) is 0 Å². The summed E-state index contributed by atoms with van der Waals surface area (Å²) in [5, 5.41) is 3.18. The van der Waals surface area contributed by atoms with Gasteiger partial charge in [-0.2, -0.15) is 0 Å². The smallest absolute Gasteiger partial charge is 0.239 e. The van der Waals surface area contributed by atoms with Crippen molar-refractivity contribution in [2.45, 2.75) is 50.7 Å². The molecule has 1 aromatic carbocycles. The lowest BCUT2D eigenvalue weighted by atomic mass is 9.87. The Labute approximate surface area is 155 Å². The van der Waals surface area contributed by atoms with E-state index in [-0.39, 0.29) is 29.4 Å². The van der Waals surface area contributed by atoms with E-state index >= 15 is 0 Å². The molecule has 0 bridgehead atoms. The van der Waals surface area contributed by atoms with Crippen molar-refractivity contribution in [2.75, 3.05) is 26.2 Å². The van der Waals surface area contributed by atoms with Crippen molar-refractivity contribution < 1.29 is 9.53 Å². The average Bonchev–Trinajstić information content (AvgIpc) is 3.11. The third-order valence-corrected chi connectivity index (χ3v) is 6.13. The molecule has 0 radical (unpaired) electrons. The van der Waals surface area contributed by atoms with E-state index in [4.69, 9.17) is 4.74 Å². The molecule has 6 heteroatoms. The Hall–Kier alpha value is -1.63. The van der Waals surface area contributed by atoms with E-state index < -0.39 is 0 Å². The molecule has 0 saturated carbocycles. The summed E-state index contributed by atoms with van der Waals surface area (Å²) in [5.74, 6) is 1.07. The van der Waals surface area contributed by atoms with Gasteiger partial charge < -0.3 is 10.1 Å². The fourth-order valence-corrected chi connectivity index (χ4v) is 4.43. The Morgan fingerprint density at radius 2 is 2.00 bits per heavy atom. The van der Waals surface area contributed by atoms with Crippen LogP contribution in [0.3, 0.4) is 0 Å². The Bertz CT molecular complexity index is 657. The first-order valence-electron chi connectivity index (χ1n) is 9.82. The van der Waals surface area contributed by atoms with Crippen LogP contribution < -0.4 is 20.9 Å². The van der Waals surface area contributed by atoms with E-state index in [2.05, 4.69) is 41.0 Å². The van der Waals surface area contributed by atoms with Gasteiger partial charge in [-0.15, -0.1) is 0 Å². The maximum atomic E-state index is 12.9. The fraction of sp³-hybridized carbons (Fsp3) is 0.650. The largest absolute Gasteiger partial charge is 0.493 e. The van der Waals surface area contributed by atoms with Crippen molar-refractivity contribution in [2.24, 2.45) is 5.92 Å². The summed E-state index contributed by atoms with van der Waals surface area (Å²) in [5.41, 5.74) is 7.61. The van der Waals surface area contributed by atoms with Crippen molar-refractivity contribution in [3.63, 3.8) is 0 Å². The summed E-state index contributed by atoms with van der Waals surface area (Å²) in [6.07, 6.45) is 3.83. The SMILES string of the molecule is CC(C)(CNC(=O)C1NNC2c3ccccc3OCC12)N1CCCCC1. The predicted octanol–water partition coefficient (Wildman–Crippen LogP) is 1.59. The molecular formula is C20H30N4O2. The Morgan fingerprint density at radius 3 is 2.81 bits per heavy atom. The van der Waals surface area contributed by atoms with E-state index in [1.54, 1.807) is 0 Å². The quantitative estimate of drug-likeness (QED) is 0.763. The molecule has 4 rings (SSSR count). The second kappa shape index (κ2) is 7.18. The molecule has 0 aliphatic carbocycles. The van der Waals surface area contributed by atoms with Gasteiger partial charge in [0.1, 0.15) is 11.8 Å². The predicted molar refractivity (Wildman–Crippen MR) is 101 cm³/mol. The number of piperidine rings is 1. The highest BCUT2D eigenvalue weighted by atomic mass is 16.5. The van der Waals surface area contributed by atoms with Crippen LogP contribution in [-0.4, -0.2) is 48.6 Å². The van der Waals surface area contributed by atoms with Gasteiger partial charge in [0.15, 0.2) is 0 Å². The number of amides is 1. The molecule has 0 aromatic heterocycles. The molecule has 2 fully saturated rings. The number of hydrogen-bond donors (Lipinski definition) is 3. The second-order valence-electron chi connectivity index (χ2n) is 8.33. The van der Waals surface area contributed by atoms with Gasteiger partial charge in [-0.1, -0.05) is 24.6 Å². The number of benzene rings is 1. The monoisotopic (exact) mass is 358 g/mol. The molecule has 26 heavy (non-hydrogen) atoms. The van der Waals surface area contributed by atoms with Crippen LogP contribution in [0.4, 0.5) is 0 Å². The molecule has 1 aromatic rings. The first-order valence-corrected chi connectivity index (χ1v) is 9.82. The molecule has 0 spiro atoms. The number of likely N-dealkylation sites (tertiary alicyclic amines) is 1. The number of nitrogens with one attached hydrogen (secondary N) is 3. The molecule has 6 nitrogen and oxygen atoms in total. The summed E-state index contributed by atoms with van der Waals surface area (Å²) in [7, 11) is 0. The summed E-state index contributed by atoms with van der Waals surface area (Å²) >= 11 is 0. The van der Waals surface area contributed by atoms with Gasteiger partial charge in [-0.25, -0.2) is 10.9 Å². The summed E-state index contributed by atoms with van der Waals surface area (Å²) in [6, 6.07) is 7.90. The number of fused-ring (bicyclic) bond motifs is 3. The van der Waals surface area contributed by atoms with Crippen molar-refractivity contribution in [3.05, 3.63) is 29.8 Å². The van der Waals surface area contributed by atoms with E-state index in [1.165, 1.54) is 19.3 Å². The Kier molecular flexibility index (Phi) is 4.90. The van der Waals surface area contributed by atoms with Crippen LogP contribution in [0.1, 0.15) is 44.7 Å². The summed E-state index contributed by atoms with van der Waals surface area (Å²) < 4.78 is 5.89. The number of carbonyl (C=O) groups excluding carboxylic acids is 1. The third-order valence-electron chi connectivity index (χ3n) is 6.13. The molecule has 3 aliphatic heterocycles. The Morgan fingerprint density at radius 1 is 1.23 bits per heavy atom. The topological polar surface area (TPSA) is 65.6 Å². The number of nitrogens with zero attached hydrogens (tertiary/aromatic N) is 1. The molecule has 3 aliphatic rings. The van der Waals surface area contributed by atoms with Crippen molar-refractivity contribution in [1.29, 1.82) is 0 Å². The fourth-order valence-electron chi connectivity index (χ4n) is 4.43. The highest BCUT2D eigenvalue weighted by molar-refractivity contribution is 5.82. The highest BCUT2D eigenvalue weighted by Crippen LogP contribution is 2.38. The molecule has 3 atom stereocenters. The minimum atomic E-state index is -0.273. The molecule has 3 N–H and O–H groups in total. The van der Waals surface area contributed by atoms with Crippen LogP contribution in [0.5, 0.6) is 5.75 Å². The number of para-hydroxylation sites is 1. The van der Waals surface area contributed by atoms with E-state index in [0.29, 0.717) is 13.2 Å². The van der Waals surface area contributed by atoms with E-state index in [9.17, 15) is 4.79 Å². The van der Waals surface area contributed by atoms with Gasteiger partial charge in [0.2, 0.25) is 5.91 Å². The van der Waals surface area contributed by atoms with Crippen LogP contribution in [0.15, 0.2) is 24.3 Å². The number of carbonyl (C=O) groups is 1. The average molecular weight is 358 g/mol. The highest BCUT2D eigenvalue weighted by Gasteiger charge is 2.44. The lowest BCUT2D eigenvalue weighted by molar-refractivity contribution is -0.124. The van der Waals surface area contributed by atoms with Crippen molar-refractivity contribution in [3.8, 4) is 5.75 Å². The van der Waals surface area contributed by atoms with Gasteiger partial charge in [0.05, 0.1) is 12.6 Å². The van der Waals surface area contributed by atoms with Gasteiger partial charge in [-0.05, 0) is 45.8 Å². The van der Waals surface area contributed by atoms with Gasteiger partial charge in [0, 0.05) is 23.6 Å². The first-order chi connectivity index (χ1) is 12.6. The van der Waals surface area contributed by atoms with E-state index in [0.717, 1.165) is 24.4 Å². The zero-order valence-corrected chi connectivity index (χ0v) is 15.8. The molecule has 142 valence electrons. The van der Waals surface area contributed by atoms with Gasteiger partial charge in [0.25, 0.3) is 0 Å². The summed E-state index contributed by atoms with van der Waals surface area (Å²) in [4.78, 5) is 15.4. The zero-order valence-electron chi connectivity index (χ0n) is 15.8. The molecule has 2 saturated heterocycles. The number of hydrazine groups is 1. The lowest BCUT2D eigenvalue weighted by Crippen LogP contribution is -2.56. The first kappa shape index (κ1) is 17.8. The summed E-state index contributed by atoms with van der Waals surface area (Å²) in [6.45, 7) is 7.92. The van der Waals surface area contributed by atoms with Crippen LogP contribution in [-0.2, 0) is 4.79 Å². The van der Waals surface area contributed by atoms with E-state index in [1.807, 2.05) is 18.2 Å². The second-order valence-corrected chi connectivity index (χ2v) is 8.33. The standard InChI is InChI=1S/C20H30N4O2/c1-20(2,24-10-6-3-7-11-24)13-21-19(25)18-15-12-26-16-9-5-4-8-14(16)17(15)22-23-18/h4-5,8-9,15,17-18,22-23H,3,6-7,10-13H2,1-2H3,(H,21,25). The minimum Gasteiger partial charge on any atom is -0.493 e. The number of rotatable bonds is 4. The number of hydrogen-bond acceptors (Lipinski definition) is 5.